The number of urea groups is 1. The summed E-state index contributed by atoms with van der Waals surface area (Å²) in [7, 11) is 1.60. The minimum absolute atomic E-state index is 0.0162. The maximum atomic E-state index is 12.3. The number of amides is 3. The van der Waals surface area contributed by atoms with E-state index in [1.54, 1.807) is 7.05 Å². The molecule has 0 saturated carbocycles. The van der Waals surface area contributed by atoms with Gasteiger partial charge >= 0.3 is 12.1 Å². The fraction of sp³-hybridized carbons (Fsp3) is 0.421. The Balaban J connectivity index is 1.49. The molecule has 1 unspecified atom stereocenters. The molecule has 27 heavy (non-hydrogen) atoms. The normalized spacial score (nSPS) is 17.0. The predicted molar refractivity (Wildman–Crippen MR) is 104 cm³/mol. The highest BCUT2D eigenvalue weighted by atomic mass is 16.4. The Labute approximate surface area is 158 Å². The number of carbonyl (C=O) groups excluding carboxylic acids is 1. The van der Waals surface area contributed by atoms with E-state index in [4.69, 9.17) is 5.11 Å². The lowest BCUT2D eigenvalue weighted by atomic mass is 10.1. The number of benzene rings is 1. The van der Waals surface area contributed by atoms with Crippen molar-refractivity contribution in [2.24, 2.45) is 0 Å². The molecular weight excluding hydrogens is 346 g/mol. The first-order valence-electron chi connectivity index (χ1n) is 9.03. The van der Waals surface area contributed by atoms with Crippen LogP contribution in [0.1, 0.15) is 12.1 Å². The summed E-state index contributed by atoms with van der Waals surface area (Å²) in [5.41, 5.74) is 2.42. The van der Waals surface area contributed by atoms with Gasteiger partial charge in [-0.25, -0.2) is 9.59 Å². The predicted octanol–water partition coefficient (Wildman–Crippen LogP) is 2.35. The molecule has 1 fully saturated rings. The van der Waals surface area contributed by atoms with Gasteiger partial charge in [-0.15, -0.1) is 0 Å². The van der Waals surface area contributed by atoms with Crippen LogP contribution in [0.2, 0.25) is 0 Å². The number of hydrogen-bond donors (Lipinski definition) is 3. The Morgan fingerprint density at radius 3 is 2.93 bits per heavy atom. The van der Waals surface area contributed by atoms with Gasteiger partial charge in [0.05, 0.1) is 11.2 Å². The fourth-order valence-corrected chi connectivity index (χ4v) is 3.39. The highest BCUT2D eigenvalue weighted by molar-refractivity contribution is 6.00. The van der Waals surface area contributed by atoms with Crippen molar-refractivity contribution < 1.29 is 14.7 Å². The number of rotatable bonds is 5. The molecule has 1 aliphatic heterocycles. The molecule has 8 heteroatoms. The molecule has 1 aromatic heterocycles. The highest BCUT2D eigenvalue weighted by Crippen LogP contribution is 2.22. The number of fused-ring (bicyclic) bond motifs is 1. The average Bonchev–Trinajstić information content (AvgIpc) is 3.09. The van der Waals surface area contributed by atoms with Crippen LogP contribution < -0.4 is 10.6 Å². The first-order chi connectivity index (χ1) is 12.9. The lowest BCUT2D eigenvalue weighted by Crippen LogP contribution is -2.40. The van der Waals surface area contributed by atoms with Crippen LogP contribution in [0, 0.1) is 6.92 Å². The zero-order valence-electron chi connectivity index (χ0n) is 15.6. The minimum Gasteiger partial charge on any atom is -0.465 e. The molecule has 1 atom stereocenters. The van der Waals surface area contributed by atoms with Crippen molar-refractivity contribution in [2.45, 2.75) is 19.4 Å². The second-order valence-corrected chi connectivity index (χ2v) is 6.85. The molecule has 0 aliphatic carbocycles. The van der Waals surface area contributed by atoms with Crippen LogP contribution in [0.25, 0.3) is 10.9 Å². The van der Waals surface area contributed by atoms with Crippen LogP contribution in [0.5, 0.6) is 0 Å². The lowest BCUT2D eigenvalue weighted by molar-refractivity contribution is 0.138. The molecular formula is C19H25N5O3. The van der Waals surface area contributed by atoms with E-state index in [-0.39, 0.29) is 12.1 Å². The van der Waals surface area contributed by atoms with Crippen molar-refractivity contribution in [2.75, 3.05) is 38.5 Å². The van der Waals surface area contributed by atoms with E-state index in [0.717, 1.165) is 35.2 Å². The van der Waals surface area contributed by atoms with Gasteiger partial charge in [0.2, 0.25) is 0 Å². The molecule has 1 aromatic carbocycles. The van der Waals surface area contributed by atoms with E-state index in [0.29, 0.717) is 19.6 Å². The molecule has 3 N–H and O–H groups in total. The van der Waals surface area contributed by atoms with Crippen LogP contribution in [0.4, 0.5) is 15.3 Å². The summed E-state index contributed by atoms with van der Waals surface area (Å²) in [5, 5.41) is 15.7. The number of anilines is 1. The maximum absolute atomic E-state index is 12.3. The molecule has 0 radical (unpaired) electrons. The lowest BCUT2D eigenvalue weighted by Gasteiger charge is -2.22. The van der Waals surface area contributed by atoms with E-state index in [1.807, 2.05) is 37.3 Å². The molecule has 0 spiro atoms. The van der Waals surface area contributed by atoms with Gasteiger partial charge in [0.1, 0.15) is 0 Å². The van der Waals surface area contributed by atoms with Gasteiger partial charge in [0, 0.05) is 50.3 Å². The Hall–Kier alpha value is -2.87. The van der Waals surface area contributed by atoms with Gasteiger partial charge in [-0.3, -0.25) is 9.88 Å². The SMILES string of the molecule is Cc1cc(NC(=O)NCCN2CCC(N(C)C(=O)O)C2)c2ccccc2n1. The van der Waals surface area contributed by atoms with Crippen LogP contribution in [0.15, 0.2) is 30.3 Å². The standard InChI is InChI=1S/C19H25N5O3/c1-13-11-17(15-5-3-4-6-16(15)21-13)22-18(25)20-8-10-24-9-7-14(12-24)23(2)19(26)27/h3-6,11,14H,7-10,12H2,1-2H3,(H,26,27)(H2,20,21,22,25). The van der Waals surface area contributed by atoms with Crippen molar-refractivity contribution >= 4 is 28.7 Å². The van der Waals surface area contributed by atoms with Crippen molar-refractivity contribution in [1.82, 2.24) is 20.1 Å². The van der Waals surface area contributed by atoms with Gasteiger partial charge < -0.3 is 20.6 Å². The van der Waals surface area contributed by atoms with Gasteiger partial charge in [-0.2, -0.15) is 0 Å². The van der Waals surface area contributed by atoms with Crippen LogP contribution in [-0.4, -0.2) is 71.3 Å². The van der Waals surface area contributed by atoms with E-state index in [2.05, 4.69) is 20.5 Å². The summed E-state index contributed by atoms with van der Waals surface area (Å²) in [6, 6.07) is 9.30. The van der Waals surface area contributed by atoms with Crippen molar-refractivity contribution in [3.05, 3.63) is 36.0 Å². The number of aromatic nitrogens is 1. The quantitative estimate of drug-likeness (QED) is 0.749. The largest absolute Gasteiger partial charge is 0.465 e. The third-order valence-electron chi connectivity index (χ3n) is 4.90. The summed E-state index contributed by atoms with van der Waals surface area (Å²) < 4.78 is 0. The van der Waals surface area contributed by atoms with E-state index >= 15 is 0 Å². The molecule has 3 rings (SSSR count). The maximum Gasteiger partial charge on any atom is 0.407 e. The number of likely N-dealkylation sites (tertiary alicyclic amines) is 1. The molecule has 1 aliphatic rings. The molecule has 0 bridgehead atoms. The first kappa shape index (κ1) is 18.9. The van der Waals surface area contributed by atoms with Crippen molar-refractivity contribution in [3.63, 3.8) is 0 Å². The fourth-order valence-electron chi connectivity index (χ4n) is 3.39. The monoisotopic (exact) mass is 371 g/mol. The number of likely N-dealkylation sites (N-methyl/N-ethyl adjacent to an activating group) is 1. The number of hydrogen-bond acceptors (Lipinski definition) is 4. The Bertz CT molecular complexity index is 841. The van der Waals surface area contributed by atoms with Crippen molar-refractivity contribution in [1.29, 1.82) is 0 Å². The van der Waals surface area contributed by atoms with Crippen molar-refractivity contribution in [3.8, 4) is 0 Å². The summed E-state index contributed by atoms with van der Waals surface area (Å²) in [6.07, 6.45) is -0.0868. The number of para-hydroxylation sites is 1. The summed E-state index contributed by atoms with van der Waals surface area (Å²) in [6.45, 7) is 4.61. The Morgan fingerprint density at radius 1 is 1.37 bits per heavy atom. The number of pyridine rings is 1. The second-order valence-electron chi connectivity index (χ2n) is 6.85. The summed E-state index contributed by atoms with van der Waals surface area (Å²) in [4.78, 5) is 31.3. The number of nitrogens with zero attached hydrogens (tertiary/aromatic N) is 3. The van der Waals surface area contributed by atoms with E-state index in [1.165, 1.54) is 4.90 Å². The zero-order valence-corrected chi connectivity index (χ0v) is 15.6. The number of carbonyl (C=O) groups is 2. The van der Waals surface area contributed by atoms with E-state index < -0.39 is 6.09 Å². The highest BCUT2D eigenvalue weighted by Gasteiger charge is 2.27. The Kier molecular flexibility index (Phi) is 5.75. The summed E-state index contributed by atoms with van der Waals surface area (Å²) >= 11 is 0. The van der Waals surface area contributed by atoms with Crippen LogP contribution in [-0.2, 0) is 0 Å². The third kappa shape index (κ3) is 4.65. The molecule has 2 heterocycles. The number of nitrogens with one attached hydrogen (secondary N) is 2. The average molecular weight is 371 g/mol. The molecule has 8 nitrogen and oxygen atoms in total. The van der Waals surface area contributed by atoms with Gasteiger partial charge in [0.25, 0.3) is 0 Å². The molecule has 1 saturated heterocycles. The molecule has 3 amide bonds. The summed E-state index contributed by atoms with van der Waals surface area (Å²) in [5.74, 6) is 0. The van der Waals surface area contributed by atoms with Crippen LogP contribution in [0.3, 0.4) is 0 Å². The minimum atomic E-state index is -0.903. The zero-order chi connectivity index (χ0) is 19.4. The molecule has 2 aromatic rings. The van der Waals surface area contributed by atoms with Gasteiger partial charge in [-0.05, 0) is 25.5 Å². The van der Waals surface area contributed by atoms with Gasteiger partial charge in [0.15, 0.2) is 0 Å². The molecule has 144 valence electrons. The first-order valence-corrected chi connectivity index (χ1v) is 9.03. The van der Waals surface area contributed by atoms with Crippen LogP contribution >= 0.6 is 0 Å². The second kappa shape index (κ2) is 8.22. The smallest absolute Gasteiger partial charge is 0.407 e. The number of aryl methyl sites for hydroxylation is 1. The Morgan fingerprint density at radius 2 is 2.15 bits per heavy atom. The third-order valence-corrected chi connectivity index (χ3v) is 4.90. The van der Waals surface area contributed by atoms with Gasteiger partial charge in [-0.1, -0.05) is 18.2 Å². The topological polar surface area (TPSA) is 97.8 Å². The number of carboxylic acid groups (broad SMARTS) is 1. The van der Waals surface area contributed by atoms with E-state index in [9.17, 15) is 9.59 Å².